The topological polar surface area (TPSA) is 73.5 Å². The van der Waals surface area contributed by atoms with Gasteiger partial charge in [-0.3, -0.25) is 9.20 Å². The maximum atomic E-state index is 13.2. The second-order valence-electron chi connectivity index (χ2n) is 8.34. The van der Waals surface area contributed by atoms with Crippen LogP contribution in [0.25, 0.3) is 5.65 Å². The Kier molecular flexibility index (Phi) is 5.67. The van der Waals surface area contributed by atoms with Crippen LogP contribution in [0.5, 0.6) is 0 Å². The van der Waals surface area contributed by atoms with Gasteiger partial charge in [-0.05, 0) is 49.4 Å². The molecule has 1 saturated heterocycles. The number of pyridine rings is 1. The average molecular weight is 396 g/mol. The van der Waals surface area contributed by atoms with Gasteiger partial charge < -0.3 is 14.6 Å². The number of carbonyl (C=O) groups excluding carboxylic acids is 1. The van der Waals surface area contributed by atoms with E-state index < -0.39 is 0 Å². The highest BCUT2D eigenvalue weighted by atomic mass is 16.5. The van der Waals surface area contributed by atoms with Gasteiger partial charge in [-0.15, -0.1) is 10.2 Å². The van der Waals surface area contributed by atoms with E-state index in [9.17, 15) is 4.79 Å². The second-order valence-corrected chi connectivity index (χ2v) is 8.34. The van der Waals surface area contributed by atoms with Crippen LogP contribution in [0.3, 0.4) is 0 Å². The molecular weight excluding hydrogens is 366 g/mol. The first-order valence-electron chi connectivity index (χ1n) is 10.4. The molecule has 3 aromatic heterocycles. The molecule has 3 aromatic rings. The number of fused-ring (bicyclic) bond motifs is 1. The third-order valence-electron chi connectivity index (χ3n) is 5.76. The third kappa shape index (κ3) is 4.19. The van der Waals surface area contributed by atoms with Gasteiger partial charge in [-0.1, -0.05) is 19.9 Å². The Bertz CT molecular complexity index is 941. The lowest BCUT2D eigenvalue weighted by atomic mass is 9.85. The number of hydrogen-bond acceptors (Lipinski definition) is 4. The summed E-state index contributed by atoms with van der Waals surface area (Å²) >= 11 is 0. The lowest BCUT2D eigenvalue weighted by Crippen LogP contribution is -2.44. The predicted molar refractivity (Wildman–Crippen MR) is 110 cm³/mol. The lowest BCUT2D eigenvalue weighted by molar-refractivity contribution is -0.125. The minimum atomic E-state index is -0.235. The van der Waals surface area contributed by atoms with Crippen molar-refractivity contribution in [2.75, 3.05) is 13.2 Å². The number of carbonyl (C=O) groups is 1. The minimum Gasteiger partial charge on any atom is -0.381 e. The summed E-state index contributed by atoms with van der Waals surface area (Å²) in [7, 11) is 0. The van der Waals surface area contributed by atoms with Crippen molar-refractivity contribution in [1.29, 1.82) is 0 Å². The number of hydrogen-bond donors (Lipinski definition) is 1. The zero-order valence-corrected chi connectivity index (χ0v) is 17.1. The Hall–Kier alpha value is -2.67. The highest BCUT2D eigenvalue weighted by Gasteiger charge is 2.37. The first kappa shape index (κ1) is 19.6. The predicted octanol–water partition coefficient (Wildman–Crippen LogP) is 3.33. The molecule has 29 heavy (non-hydrogen) atoms. The number of nitrogens with zero attached hydrogens (tertiary/aromatic N) is 4. The van der Waals surface area contributed by atoms with E-state index in [0.29, 0.717) is 25.6 Å². The Labute approximate surface area is 171 Å². The normalized spacial score (nSPS) is 17.5. The van der Waals surface area contributed by atoms with Crippen molar-refractivity contribution in [2.24, 2.45) is 5.92 Å². The molecule has 0 spiro atoms. The van der Waals surface area contributed by atoms with Crippen molar-refractivity contribution in [3.63, 3.8) is 0 Å². The molecule has 1 N–H and O–H groups in total. The van der Waals surface area contributed by atoms with Crippen molar-refractivity contribution in [3.05, 3.63) is 54.7 Å². The number of aromatic nitrogens is 4. The van der Waals surface area contributed by atoms with Gasteiger partial charge in [0.25, 0.3) is 0 Å². The summed E-state index contributed by atoms with van der Waals surface area (Å²) < 4.78 is 9.72. The fraction of sp³-hybridized carbons (Fsp3) is 0.500. The molecule has 7 heteroatoms. The summed E-state index contributed by atoms with van der Waals surface area (Å²) in [5.41, 5.74) is 0.556. The van der Waals surface area contributed by atoms with Gasteiger partial charge >= 0.3 is 0 Å². The Morgan fingerprint density at radius 3 is 2.59 bits per heavy atom. The van der Waals surface area contributed by atoms with Gasteiger partial charge in [0.2, 0.25) is 5.91 Å². The van der Waals surface area contributed by atoms with Crippen LogP contribution < -0.4 is 5.32 Å². The lowest BCUT2D eigenvalue weighted by Gasteiger charge is -2.38. The summed E-state index contributed by atoms with van der Waals surface area (Å²) in [4.78, 5) is 13.2. The number of amides is 1. The van der Waals surface area contributed by atoms with Crippen molar-refractivity contribution < 1.29 is 9.53 Å². The van der Waals surface area contributed by atoms with Crippen LogP contribution in [0.4, 0.5) is 0 Å². The highest BCUT2D eigenvalue weighted by molar-refractivity contribution is 5.77. The molecule has 0 bridgehead atoms. The second kappa shape index (κ2) is 8.37. The average Bonchev–Trinajstić information content (AvgIpc) is 3.38. The van der Waals surface area contributed by atoms with Gasteiger partial charge in [0.1, 0.15) is 0 Å². The van der Waals surface area contributed by atoms with Crippen LogP contribution in [0.1, 0.15) is 51.4 Å². The molecule has 4 rings (SSSR count). The fourth-order valence-electron chi connectivity index (χ4n) is 4.27. The standard InChI is InChI=1S/C22H29N5O2/c1-17(2)15-18(21-25-24-19-7-3-4-12-27(19)21)23-20(28)16-22(8-13-29-14-9-22)26-10-5-6-11-26/h3-7,10-12,17-18H,8-9,13-16H2,1-2H3,(H,23,28)/t18-/m0/s1. The van der Waals surface area contributed by atoms with Crippen molar-refractivity contribution in [3.8, 4) is 0 Å². The smallest absolute Gasteiger partial charge is 0.222 e. The first-order valence-corrected chi connectivity index (χ1v) is 10.4. The van der Waals surface area contributed by atoms with Crippen molar-refractivity contribution in [1.82, 2.24) is 24.5 Å². The molecule has 154 valence electrons. The molecule has 0 saturated carbocycles. The molecule has 1 fully saturated rings. The zero-order chi connectivity index (χ0) is 20.3. The molecule has 1 amide bonds. The molecule has 1 aliphatic rings. The zero-order valence-electron chi connectivity index (χ0n) is 17.1. The maximum Gasteiger partial charge on any atom is 0.222 e. The van der Waals surface area contributed by atoms with Crippen LogP contribution in [-0.4, -0.2) is 38.3 Å². The van der Waals surface area contributed by atoms with E-state index in [1.54, 1.807) is 0 Å². The summed E-state index contributed by atoms with van der Waals surface area (Å²) in [6.45, 7) is 5.66. The van der Waals surface area contributed by atoms with Gasteiger partial charge in [-0.25, -0.2) is 0 Å². The molecule has 1 aliphatic heterocycles. The maximum absolute atomic E-state index is 13.2. The van der Waals surface area contributed by atoms with E-state index >= 15 is 0 Å². The van der Waals surface area contributed by atoms with E-state index in [2.05, 4.69) is 46.3 Å². The van der Waals surface area contributed by atoms with Crippen LogP contribution >= 0.6 is 0 Å². The summed E-state index contributed by atoms with van der Waals surface area (Å²) in [6, 6.07) is 9.67. The van der Waals surface area contributed by atoms with E-state index in [4.69, 9.17) is 4.74 Å². The van der Waals surface area contributed by atoms with Gasteiger partial charge in [0.05, 0.1) is 18.0 Å². The summed E-state index contributed by atoms with van der Waals surface area (Å²) in [5, 5.41) is 11.9. The van der Waals surface area contributed by atoms with E-state index in [1.807, 2.05) is 40.9 Å². The minimum absolute atomic E-state index is 0.0407. The first-order chi connectivity index (χ1) is 14.1. The summed E-state index contributed by atoms with van der Waals surface area (Å²) in [5.74, 6) is 1.24. The fourth-order valence-corrected chi connectivity index (χ4v) is 4.27. The van der Waals surface area contributed by atoms with Crippen LogP contribution in [0.2, 0.25) is 0 Å². The van der Waals surface area contributed by atoms with Crippen molar-refractivity contribution in [2.45, 2.75) is 51.1 Å². The quantitative estimate of drug-likeness (QED) is 0.666. The molecule has 0 aromatic carbocycles. The molecule has 1 atom stereocenters. The molecular formula is C22H29N5O2. The third-order valence-corrected chi connectivity index (χ3v) is 5.76. The van der Waals surface area contributed by atoms with Crippen LogP contribution in [0, 0.1) is 5.92 Å². The highest BCUT2D eigenvalue weighted by Crippen LogP contribution is 2.33. The van der Waals surface area contributed by atoms with E-state index in [0.717, 1.165) is 30.7 Å². The van der Waals surface area contributed by atoms with E-state index in [1.165, 1.54) is 0 Å². The Morgan fingerprint density at radius 1 is 1.14 bits per heavy atom. The SMILES string of the molecule is CC(C)C[C@H](NC(=O)CC1(n2cccc2)CCOCC1)c1nnc2ccccn12. The monoisotopic (exact) mass is 395 g/mol. The molecule has 0 radical (unpaired) electrons. The van der Waals surface area contributed by atoms with Crippen LogP contribution in [0.15, 0.2) is 48.9 Å². The number of rotatable bonds is 7. The van der Waals surface area contributed by atoms with Gasteiger partial charge in [-0.2, -0.15) is 0 Å². The van der Waals surface area contributed by atoms with Gasteiger partial charge in [0, 0.05) is 31.8 Å². The Balaban J connectivity index is 1.56. The number of nitrogens with one attached hydrogen (secondary N) is 1. The number of ether oxygens (including phenoxy) is 1. The largest absolute Gasteiger partial charge is 0.381 e. The molecule has 0 unspecified atom stereocenters. The molecule has 7 nitrogen and oxygen atoms in total. The van der Waals surface area contributed by atoms with Gasteiger partial charge in [0.15, 0.2) is 11.5 Å². The summed E-state index contributed by atoms with van der Waals surface area (Å²) in [6.07, 6.45) is 8.95. The Morgan fingerprint density at radius 2 is 1.86 bits per heavy atom. The molecule has 0 aliphatic carbocycles. The van der Waals surface area contributed by atoms with Crippen LogP contribution in [-0.2, 0) is 15.1 Å². The van der Waals surface area contributed by atoms with E-state index in [-0.39, 0.29) is 17.5 Å². The molecule has 4 heterocycles. The van der Waals surface area contributed by atoms with Crippen molar-refractivity contribution >= 4 is 11.6 Å².